The van der Waals surface area contributed by atoms with Crippen molar-refractivity contribution in [2.24, 2.45) is 5.92 Å². The first-order valence-electron chi connectivity index (χ1n) is 7.96. The van der Waals surface area contributed by atoms with E-state index < -0.39 is 0 Å². The van der Waals surface area contributed by atoms with E-state index in [-0.39, 0.29) is 6.10 Å². The Hall–Kier alpha value is -0.120. The third-order valence-electron chi connectivity index (χ3n) is 3.53. The van der Waals surface area contributed by atoms with Crippen LogP contribution in [-0.2, 0) is 0 Å². The summed E-state index contributed by atoms with van der Waals surface area (Å²) >= 11 is 0. The van der Waals surface area contributed by atoms with Gasteiger partial charge >= 0.3 is 0 Å². The standard InChI is InChI=1S/C11H22N2O.2C2H6/c14-11-3-7-13(8-4-11)9-10-1-5-12-6-2-10;2*1-2/h10-12,14H,1-9H2;2*1-2H3. The predicted molar refractivity (Wildman–Crippen MR) is 80.0 cm³/mol. The molecule has 0 aromatic carbocycles. The Morgan fingerprint density at radius 1 is 0.944 bits per heavy atom. The minimum absolute atomic E-state index is 0.0285. The van der Waals surface area contributed by atoms with Gasteiger partial charge in [-0.2, -0.15) is 0 Å². The van der Waals surface area contributed by atoms with Crippen LogP contribution in [0.4, 0.5) is 0 Å². The highest BCUT2D eigenvalue weighted by atomic mass is 16.3. The summed E-state index contributed by atoms with van der Waals surface area (Å²) in [5, 5.41) is 12.8. The van der Waals surface area contributed by atoms with Crippen LogP contribution < -0.4 is 5.32 Å². The summed E-state index contributed by atoms with van der Waals surface area (Å²) in [4.78, 5) is 2.53. The van der Waals surface area contributed by atoms with E-state index in [0.717, 1.165) is 31.8 Å². The van der Waals surface area contributed by atoms with Crippen LogP contribution >= 0.6 is 0 Å². The molecule has 0 saturated carbocycles. The number of aliphatic hydroxyl groups is 1. The van der Waals surface area contributed by atoms with Crippen molar-refractivity contribution >= 4 is 0 Å². The summed E-state index contributed by atoms with van der Waals surface area (Å²) < 4.78 is 0. The van der Waals surface area contributed by atoms with E-state index in [1.54, 1.807) is 0 Å². The number of nitrogens with zero attached hydrogens (tertiary/aromatic N) is 1. The van der Waals surface area contributed by atoms with E-state index in [0.29, 0.717) is 0 Å². The Kier molecular flexibility index (Phi) is 11.9. The molecule has 3 heteroatoms. The van der Waals surface area contributed by atoms with E-state index in [4.69, 9.17) is 0 Å². The minimum Gasteiger partial charge on any atom is -0.393 e. The van der Waals surface area contributed by atoms with E-state index in [2.05, 4.69) is 10.2 Å². The third-order valence-corrected chi connectivity index (χ3v) is 3.53. The molecule has 2 rings (SSSR count). The smallest absolute Gasteiger partial charge is 0.0564 e. The van der Waals surface area contributed by atoms with Crippen LogP contribution in [0.15, 0.2) is 0 Å². The number of hydrogen-bond donors (Lipinski definition) is 2. The van der Waals surface area contributed by atoms with Gasteiger partial charge in [0, 0.05) is 19.6 Å². The fourth-order valence-electron chi connectivity index (χ4n) is 2.53. The van der Waals surface area contributed by atoms with Crippen LogP contribution in [0.1, 0.15) is 53.4 Å². The average Bonchev–Trinajstić information content (AvgIpc) is 2.47. The van der Waals surface area contributed by atoms with E-state index in [1.807, 2.05) is 27.7 Å². The van der Waals surface area contributed by atoms with Crippen molar-refractivity contribution in [3.05, 3.63) is 0 Å². The SMILES string of the molecule is CC.CC.OC1CCN(CC2CCNCC2)CC1. The molecule has 0 unspecified atom stereocenters. The lowest BCUT2D eigenvalue weighted by atomic mass is 9.96. The summed E-state index contributed by atoms with van der Waals surface area (Å²) in [6.07, 6.45) is 4.59. The van der Waals surface area contributed by atoms with Gasteiger partial charge in [0.15, 0.2) is 0 Å². The molecule has 2 aliphatic rings. The third kappa shape index (κ3) is 7.34. The van der Waals surface area contributed by atoms with Gasteiger partial charge < -0.3 is 15.3 Å². The van der Waals surface area contributed by atoms with Gasteiger partial charge in [0.05, 0.1) is 6.10 Å². The van der Waals surface area contributed by atoms with Crippen molar-refractivity contribution in [3.63, 3.8) is 0 Å². The molecule has 110 valence electrons. The Morgan fingerprint density at radius 2 is 1.44 bits per heavy atom. The lowest BCUT2D eigenvalue weighted by molar-refractivity contribution is 0.0717. The highest BCUT2D eigenvalue weighted by Gasteiger charge is 2.21. The number of likely N-dealkylation sites (tertiary alicyclic amines) is 1. The first-order chi connectivity index (χ1) is 8.84. The fourth-order valence-corrected chi connectivity index (χ4v) is 2.53. The second kappa shape index (κ2) is 11.9. The summed E-state index contributed by atoms with van der Waals surface area (Å²) in [5.41, 5.74) is 0. The van der Waals surface area contributed by atoms with Crippen LogP contribution in [0.2, 0.25) is 0 Å². The van der Waals surface area contributed by atoms with Crippen molar-refractivity contribution in [1.82, 2.24) is 10.2 Å². The maximum Gasteiger partial charge on any atom is 0.0564 e. The molecular weight excluding hydrogens is 224 g/mol. The Bertz CT molecular complexity index is 162. The maximum absolute atomic E-state index is 9.40. The second-order valence-corrected chi connectivity index (χ2v) is 4.73. The molecular formula is C15H34N2O. The summed E-state index contributed by atoms with van der Waals surface area (Å²) in [6.45, 7) is 13.9. The molecule has 0 atom stereocenters. The van der Waals surface area contributed by atoms with Crippen LogP contribution in [0, 0.1) is 5.92 Å². The lowest BCUT2D eigenvalue weighted by Gasteiger charge is -2.33. The zero-order valence-corrected chi connectivity index (χ0v) is 12.9. The number of hydrogen-bond acceptors (Lipinski definition) is 3. The molecule has 0 amide bonds. The molecule has 0 spiro atoms. The molecule has 0 aliphatic carbocycles. The monoisotopic (exact) mass is 258 g/mol. The van der Waals surface area contributed by atoms with Crippen LogP contribution in [-0.4, -0.2) is 48.8 Å². The largest absolute Gasteiger partial charge is 0.393 e. The Balaban J connectivity index is 0.000000659. The summed E-state index contributed by atoms with van der Waals surface area (Å²) in [7, 11) is 0. The predicted octanol–water partition coefficient (Wildman–Crippen LogP) is 2.50. The normalized spacial score (nSPS) is 22.5. The van der Waals surface area contributed by atoms with Crippen molar-refractivity contribution in [3.8, 4) is 0 Å². The highest BCUT2D eigenvalue weighted by molar-refractivity contribution is 4.76. The highest BCUT2D eigenvalue weighted by Crippen LogP contribution is 2.17. The molecule has 2 fully saturated rings. The van der Waals surface area contributed by atoms with Crippen LogP contribution in [0.5, 0.6) is 0 Å². The number of rotatable bonds is 2. The first kappa shape index (κ1) is 17.9. The van der Waals surface area contributed by atoms with Gasteiger partial charge in [-0.3, -0.25) is 0 Å². The molecule has 3 nitrogen and oxygen atoms in total. The second-order valence-electron chi connectivity index (χ2n) is 4.73. The zero-order valence-electron chi connectivity index (χ0n) is 12.9. The lowest BCUT2D eigenvalue weighted by Crippen LogP contribution is -2.41. The van der Waals surface area contributed by atoms with Crippen molar-refractivity contribution in [2.75, 3.05) is 32.7 Å². The molecule has 0 aromatic heterocycles. The Morgan fingerprint density at radius 3 is 1.94 bits per heavy atom. The Labute approximate surface area is 114 Å². The van der Waals surface area contributed by atoms with Crippen molar-refractivity contribution in [2.45, 2.75) is 59.5 Å². The average molecular weight is 258 g/mol. The fraction of sp³-hybridized carbons (Fsp3) is 1.00. The van der Waals surface area contributed by atoms with Crippen molar-refractivity contribution < 1.29 is 5.11 Å². The summed E-state index contributed by atoms with van der Waals surface area (Å²) in [6, 6.07) is 0. The number of piperidine rings is 2. The van der Waals surface area contributed by atoms with Crippen LogP contribution in [0.25, 0.3) is 0 Å². The number of nitrogens with one attached hydrogen (secondary N) is 1. The molecule has 2 aliphatic heterocycles. The molecule has 0 aromatic rings. The maximum atomic E-state index is 9.40. The molecule has 18 heavy (non-hydrogen) atoms. The topological polar surface area (TPSA) is 35.5 Å². The van der Waals surface area contributed by atoms with Gasteiger partial charge in [-0.25, -0.2) is 0 Å². The van der Waals surface area contributed by atoms with Gasteiger partial charge in [0.25, 0.3) is 0 Å². The molecule has 0 bridgehead atoms. The molecule has 2 saturated heterocycles. The van der Waals surface area contributed by atoms with Gasteiger partial charge in [0.2, 0.25) is 0 Å². The molecule has 2 heterocycles. The molecule has 2 N–H and O–H groups in total. The zero-order chi connectivity index (χ0) is 13.8. The van der Waals surface area contributed by atoms with Crippen molar-refractivity contribution in [1.29, 1.82) is 0 Å². The van der Waals surface area contributed by atoms with E-state index in [1.165, 1.54) is 32.5 Å². The number of aliphatic hydroxyl groups excluding tert-OH is 1. The van der Waals surface area contributed by atoms with E-state index in [9.17, 15) is 5.11 Å². The summed E-state index contributed by atoms with van der Waals surface area (Å²) in [5.74, 6) is 0.895. The van der Waals surface area contributed by atoms with Gasteiger partial charge in [-0.15, -0.1) is 0 Å². The van der Waals surface area contributed by atoms with E-state index >= 15 is 0 Å². The minimum atomic E-state index is -0.0285. The van der Waals surface area contributed by atoms with Gasteiger partial charge in [0.1, 0.15) is 0 Å². The van der Waals surface area contributed by atoms with Crippen LogP contribution in [0.3, 0.4) is 0 Å². The van der Waals surface area contributed by atoms with Gasteiger partial charge in [-0.05, 0) is 44.7 Å². The van der Waals surface area contributed by atoms with Gasteiger partial charge in [-0.1, -0.05) is 27.7 Å². The first-order valence-corrected chi connectivity index (χ1v) is 7.96. The quantitative estimate of drug-likeness (QED) is 0.799. The molecule has 0 radical (unpaired) electrons.